The average Bonchev–Trinajstić information content (AvgIpc) is 3.13. The van der Waals surface area contributed by atoms with Crippen LogP contribution in [0.5, 0.6) is 5.75 Å². The molecule has 1 aromatic heterocycles. The Morgan fingerprint density at radius 2 is 1.72 bits per heavy atom. The van der Waals surface area contributed by atoms with E-state index in [9.17, 15) is 18.0 Å². The second-order valence-electron chi connectivity index (χ2n) is 7.25. The number of hydrogen-bond donors (Lipinski definition) is 0. The van der Waals surface area contributed by atoms with Gasteiger partial charge in [0.15, 0.2) is 5.58 Å². The van der Waals surface area contributed by atoms with E-state index in [-0.39, 0.29) is 17.0 Å². The van der Waals surface area contributed by atoms with E-state index in [0.717, 1.165) is 16.0 Å². The molecular weight excluding hydrogens is 438 g/mol. The molecule has 0 atom stereocenters. The fourth-order valence-corrected chi connectivity index (χ4v) is 5.12. The van der Waals surface area contributed by atoms with Crippen LogP contribution in [0.15, 0.2) is 56.6 Å². The third kappa shape index (κ3) is 4.08. The Hall–Kier alpha value is -3.31. The number of nitrogens with zero attached hydrogens (tertiary/aromatic N) is 3. The Kier molecular flexibility index (Phi) is 5.94. The molecule has 0 N–H and O–H groups in total. The van der Waals surface area contributed by atoms with Gasteiger partial charge in [-0.25, -0.2) is 13.2 Å². The maximum Gasteiger partial charge on any atom is 0.420 e. The first-order chi connectivity index (χ1) is 15.3. The molecule has 0 radical (unpaired) electrons. The molecule has 1 fully saturated rings. The molecule has 4 rings (SSSR count). The SMILES string of the molecule is COC(=O)Cn1c(=O)oc2cc(S(=O)(=O)N3CCN(c4ccc(OC)cc4)CC3)ccc21. The van der Waals surface area contributed by atoms with Crippen LogP contribution in [-0.4, -0.2) is 63.7 Å². The van der Waals surface area contributed by atoms with E-state index in [2.05, 4.69) is 9.64 Å². The van der Waals surface area contributed by atoms with Gasteiger partial charge in [-0.2, -0.15) is 4.31 Å². The van der Waals surface area contributed by atoms with E-state index in [0.29, 0.717) is 31.7 Å². The summed E-state index contributed by atoms with van der Waals surface area (Å²) in [6.45, 7) is 1.40. The van der Waals surface area contributed by atoms with E-state index >= 15 is 0 Å². The van der Waals surface area contributed by atoms with Crippen LogP contribution in [0.1, 0.15) is 0 Å². The van der Waals surface area contributed by atoms with E-state index < -0.39 is 21.7 Å². The highest BCUT2D eigenvalue weighted by atomic mass is 32.2. The zero-order valence-electron chi connectivity index (χ0n) is 17.7. The van der Waals surface area contributed by atoms with Crippen LogP contribution in [0.4, 0.5) is 5.69 Å². The Bertz CT molecular complexity index is 1290. The minimum absolute atomic E-state index is 0.0295. The molecule has 0 spiro atoms. The molecule has 11 heteroatoms. The number of anilines is 1. The quantitative estimate of drug-likeness (QED) is 0.505. The van der Waals surface area contributed by atoms with E-state index in [1.807, 2.05) is 24.3 Å². The molecule has 1 aliphatic heterocycles. The van der Waals surface area contributed by atoms with Crippen LogP contribution < -0.4 is 15.4 Å². The van der Waals surface area contributed by atoms with E-state index in [1.165, 1.54) is 29.6 Å². The monoisotopic (exact) mass is 461 g/mol. The van der Waals surface area contributed by atoms with Crippen molar-refractivity contribution in [2.45, 2.75) is 11.4 Å². The lowest BCUT2D eigenvalue weighted by Gasteiger charge is -2.35. The normalized spacial score (nSPS) is 15.1. The van der Waals surface area contributed by atoms with Crippen molar-refractivity contribution >= 4 is 32.8 Å². The summed E-state index contributed by atoms with van der Waals surface area (Å²) in [7, 11) is -0.954. The van der Waals surface area contributed by atoms with Crippen LogP contribution in [-0.2, 0) is 26.1 Å². The number of sulfonamides is 1. The number of methoxy groups -OCH3 is 2. The van der Waals surface area contributed by atoms with Gasteiger partial charge in [0.2, 0.25) is 10.0 Å². The molecule has 2 aromatic carbocycles. The number of oxazole rings is 1. The maximum atomic E-state index is 13.2. The van der Waals surface area contributed by atoms with Gasteiger partial charge in [0.25, 0.3) is 0 Å². The molecule has 0 aliphatic carbocycles. The summed E-state index contributed by atoms with van der Waals surface area (Å²) in [5, 5.41) is 0. The number of piperazine rings is 1. The van der Waals surface area contributed by atoms with E-state index in [4.69, 9.17) is 9.15 Å². The molecule has 0 unspecified atom stereocenters. The number of esters is 1. The first-order valence-corrected chi connectivity index (χ1v) is 11.4. The Balaban J connectivity index is 1.52. The number of rotatable bonds is 6. The van der Waals surface area contributed by atoms with Crippen LogP contribution >= 0.6 is 0 Å². The predicted octanol–water partition coefficient (Wildman–Crippen LogP) is 1.29. The lowest BCUT2D eigenvalue weighted by Crippen LogP contribution is -2.48. The van der Waals surface area contributed by atoms with Crippen LogP contribution in [0.2, 0.25) is 0 Å². The smallest absolute Gasteiger partial charge is 0.420 e. The zero-order chi connectivity index (χ0) is 22.9. The largest absolute Gasteiger partial charge is 0.497 e. The lowest BCUT2D eigenvalue weighted by atomic mass is 10.2. The van der Waals surface area contributed by atoms with E-state index in [1.54, 1.807) is 7.11 Å². The van der Waals surface area contributed by atoms with Crippen molar-refractivity contribution in [3.05, 3.63) is 53.0 Å². The molecule has 10 nitrogen and oxygen atoms in total. The summed E-state index contributed by atoms with van der Waals surface area (Å²) in [6.07, 6.45) is 0. The molecule has 0 saturated carbocycles. The zero-order valence-corrected chi connectivity index (χ0v) is 18.5. The minimum Gasteiger partial charge on any atom is -0.497 e. The molecule has 3 aromatic rings. The molecular formula is C21H23N3O7S. The summed E-state index contributed by atoms with van der Waals surface area (Å²) in [4.78, 5) is 25.8. The van der Waals surface area contributed by atoms with Gasteiger partial charge in [-0.1, -0.05) is 0 Å². The van der Waals surface area contributed by atoms with Gasteiger partial charge in [-0.15, -0.1) is 0 Å². The van der Waals surface area contributed by atoms with Crippen molar-refractivity contribution in [3.63, 3.8) is 0 Å². The second-order valence-corrected chi connectivity index (χ2v) is 9.19. The van der Waals surface area contributed by atoms with Gasteiger partial charge in [0.1, 0.15) is 12.3 Å². The highest BCUT2D eigenvalue weighted by molar-refractivity contribution is 7.89. The summed E-state index contributed by atoms with van der Waals surface area (Å²) in [5.74, 6) is -0.605. The van der Waals surface area contributed by atoms with Gasteiger partial charge in [-0.05, 0) is 36.4 Å². The molecule has 0 amide bonds. The van der Waals surface area contributed by atoms with Crippen molar-refractivity contribution < 1.29 is 27.1 Å². The molecule has 0 bridgehead atoms. The molecule has 32 heavy (non-hydrogen) atoms. The molecule has 170 valence electrons. The fraction of sp³-hybridized carbons (Fsp3) is 0.333. The first-order valence-electron chi connectivity index (χ1n) is 9.93. The predicted molar refractivity (Wildman–Crippen MR) is 116 cm³/mol. The second kappa shape index (κ2) is 8.67. The standard InChI is InChI=1S/C21H23N3O7S/c1-29-16-5-3-15(4-6-16)22-9-11-23(12-10-22)32(27,28)17-7-8-18-19(13-17)31-21(26)24(18)14-20(25)30-2/h3-8,13H,9-12,14H2,1-2H3. The van der Waals surface area contributed by atoms with Crippen molar-refractivity contribution in [1.82, 2.24) is 8.87 Å². The van der Waals surface area contributed by atoms with Crippen molar-refractivity contribution in [2.24, 2.45) is 0 Å². The average molecular weight is 461 g/mol. The third-order valence-electron chi connectivity index (χ3n) is 5.47. The lowest BCUT2D eigenvalue weighted by molar-refractivity contribution is -0.141. The van der Waals surface area contributed by atoms with Crippen LogP contribution in [0.25, 0.3) is 11.1 Å². The van der Waals surface area contributed by atoms with Crippen LogP contribution in [0.3, 0.4) is 0 Å². The van der Waals surface area contributed by atoms with Gasteiger partial charge in [0, 0.05) is 37.9 Å². The Labute approximate surface area is 184 Å². The number of aromatic nitrogens is 1. The van der Waals surface area contributed by atoms with Gasteiger partial charge < -0.3 is 18.8 Å². The highest BCUT2D eigenvalue weighted by Gasteiger charge is 2.29. The minimum atomic E-state index is -3.78. The summed E-state index contributed by atoms with van der Waals surface area (Å²) in [5.41, 5.74) is 1.42. The van der Waals surface area contributed by atoms with Crippen LogP contribution in [0, 0.1) is 0 Å². The van der Waals surface area contributed by atoms with Gasteiger partial charge in [0.05, 0.1) is 24.6 Å². The van der Waals surface area contributed by atoms with Crippen molar-refractivity contribution in [2.75, 3.05) is 45.3 Å². The van der Waals surface area contributed by atoms with Crippen molar-refractivity contribution in [3.8, 4) is 5.75 Å². The first kappa shape index (κ1) is 21.9. The summed E-state index contributed by atoms with van der Waals surface area (Å²) in [6, 6.07) is 11.8. The van der Waals surface area contributed by atoms with Gasteiger partial charge in [-0.3, -0.25) is 9.36 Å². The summed E-state index contributed by atoms with van der Waals surface area (Å²) >= 11 is 0. The topological polar surface area (TPSA) is 111 Å². The molecule has 1 saturated heterocycles. The Morgan fingerprint density at radius 3 is 2.34 bits per heavy atom. The third-order valence-corrected chi connectivity index (χ3v) is 7.36. The number of fused-ring (bicyclic) bond motifs is 1. The number of hydrogen-bond acceptors (Lipinski definition) is 8. The number of ether oxygens (including phenoxy) is 2. The highest BCUT2D eigenvalue weighted by Crippen LogP contribution is 2.25. The number of benzene rings is 2. The maximum absolute atomic E-state index is 13.2. The fourth-order valence-electron chi connectivity index (χ4n) is 3.68. The van der Waals surface area contributed by atoms with Crippen molar-refractivity contribution in [1.29, 1.82) is 0 Å². The Morgan fingerprint density at radius 1 is 1.03 bits per heavy atom. The molecule has 2 heterocycles. The van der Waals surface area contributed by atoms with Gasteiger partial charge >= 0.3 is 11.7 Å². The summed E-state index contributed by atoms with van der Waals surface area (Å²) < 4.78 is 43.8. The number of carbonyl (C=O) groups is 1. The number of carbonyl (C=O) groups excluding carboxylic acids is 1. The molecule has 1 aliphatic rings.